The molecule has 6 bridgehead atoms. The van der Waals surface area contributed by atoms with Crippen LogP contribution in [0.4, 0.5) is 4.79 Å². The summed E-state index contributed by atoms with van der Waals surface area (Å²) in [5, 5.41) is 16.6. The second-order valence-corrected chi connectivity index (χ2v) is 18.1. The lowest BCUT2D eigenvalue weighted by Crippen LogP contribution is -2.62. The van der Waals surface area contributed by atoms with Crippen LogP contribution in [0, 0.1) is 16.2 Å². The number of phenols is 1. The number of hydrogen-bond donors (Lipinski definition) is 3. The molecule has 16 nitrogen and oxygen atoms in total. The molecule has 4 aromatic rings. The third kappa shape index (κ3) is 9.42. The lowest BCUT2D eigenvalue weighted by Gasteiger charge is -2.38. The van der Waals surface area contributed by atoms with Gasteiger partial charge in [-0.1, -0.05) is 39.8 Å². The van der Waals surface area contributed by atoms with Crippen molar-refractivity contribution in [1.29, 1.82) is 0 Å². The van der Waals surface area contributed by atoms with Gasteiger partial charge in [0.1, 0.15) is 23.9 Å². The van der Waals surface area contributed by atoms with Gasteiger partial charge in [-0.3, -0.25) is 29.4 Å². The van der Waals surface area contributed by atoms with Gasteiger partial charge in [-0.25, -0.2) is 9.63 Å². The second kappa shape index (κ2) is 18.4. The Morgan fingerprint density at radius 1 is 1.15 bits per heavy atom. The van der Waals surface area contributed by atoms with Crippen molar-refractivity contribution in [2.24, 2.45) is 11.3 Å². The third-order valence-corrected chi connectivity index (χ3v) is 12.1. The molecule has 2 saturated heterocycles. The molecular formula is C46H61N8O8+. The van der Waals surface area contributed by atoms with Gasteiger partial charge in [-0.15, -0.1) is 0 Å². The summed E-state index contributed by atoms with van der Waals surface area (Å²) in [5.41, 5.74) is 9.71. The number of aromatic nitrogens is 2. The van der Waals surface area contributed by atoms with Crippen molar-refractivity contribution in [2.45, 2.75) is 97.8 Å². The Hall–Kier alpha value is -5.58. The summed E-state index contributed by atoms with van der Waals surface area (Å²) >= 11 is 0. The van der Waals surface area contributed by atoms with Crippen molar-refractivity contribution >= 4 is 28.8 Å². The van der Waals surface area contributed by atoms with E-state index in [1.165, 1.54) is 17.0 Å². The van der Waals surface area contributed by atoms with Gasteiger partial charge < -0.3 is 24.5 Å². The summed E-state index contributed by atoms with van der Waals surface area (Å²) < 4.78 is 13.6. The Bertz CT molecular complexity index is 2320. The Morgan fingerprint density at radius 2 is 1.92 bits per heavy atom. The smallest absolute Gasteiger partial charge is 0.410 e. The molecule has 2 fully saturated rings. The van der Waals surface area contributed by atoms with Gasteiger partial charge >= 0.3 is 12.3 Å². The van der Waals surface area contributed by atoms with Gasteiger partial charge in [0.15, 0.2) is 6.61 Å². The molecule has 3 aliphatic heterocycles. The van der Waals surface area contributed by atoms with E-state index in [9.17, 15) is 24.4 Å². The van der Waals surface area contributed by atoms with Crippen LogP contribution in [0.3, 0.4) is 0 Å². The molecule has 3 atom stereocenters. The van der Waals surface area contributed by atoms with E-state index >= 15 is 0 Å². The number of rotatable bonds is 9. The molecule has 7 rings (SSSR count). The molecule has 3 amide bonds. The van der Waals surface area contributed by atoms with E-state index in [0.717, 1.165) is 44.4 Å². The van der Waals surface area contributed by atoms with Crippen molar-refractivity contribution in [3.63, 3.8) is 0 Å². The SMILES string of the molecule is CCn1c(-c2cnccc2COC)c2c3cc(ccc31)-c1cc(O)cc(c1)C[C@H](NC(=O)[C@H](C(C)C)N(C)C(=O)OC1CN(C)C1)C(=O)N1CCC[C@H](N1)[N+](=O)OCC(C)(C)C2. The van der Waals surface area contributed by atoms with Gasteiger partial charge in [0.2, 0.25) is 10.8 Å². The van der Waals surface area contributed by atoms with Crippen LogP contribution in [0.5, 0.6) is 5.75 Å². The average molecular weight is 854 g/mol. The van der Waals surface area contributed by atoms with Crippen LogP contribution >= 0.6 is 0 Å². The Labute approximate surface area is 363 Å². The van der Waals surface area contributed by atoms with E-state index in [1.54, 1.807) is 25.4 Å². The van der Waals surface area contributed by atoms with Crippen molar-refractivity contribution in [3.05, 3.63) is 76.5 Å². The maximum Gasteiger partial charge on any atom is 0.410 e. The number of aryl methyl sites for hydroxylation is 1. The zero-order chi connectivity index (χ0) is 44.5. The largest absolute Gasteiger partial charge is 0.508 e. The van der Waals surface area contributed by atoms with Gasteiger partial charge in [0, 0.05) is 87.5 Å². The van der Waals surface area contributed by atoms with Crippen LogP contribution in [0.15, 0.2) is 54.9 Å². The number of carbonyl (C=O) groups is 3. The molecule has 16 heteroatoms. The van der Waals surface area contributed by atoms with Crippen LogP contribution in [-0.2, 0) is 49.9 Å². The minimum absolute atomic E-state index is 0.00111. The quantitative estimate of drug-likeness (QED) is 0.197. The molecule has 0 aliphatic carbocycles. The summed E-state index contributed by atoms with van der Waals surface area (Å²) in [6.07, 6.45) is 3.33. The number of aromatic hydroxyl groups is 1. The number of nitrogens with one attached hydrogen (secondary N) is 2. The third-order valence-electron chi connectivity index (χ3n) is 12.1. The van der Waals surface area contributed by atoms with Crippen LogP contribution in [-0.4, -0.2) is 124 Å². The van der Waals surface area contributed by atoms with E-state index in [4.69, 9.17) is 14.3 Å². The summed E-state index contributed by atoms with van der Waals surface area (Å²) in [4.78, 5) is 70.3. The first-order valence-electron chi connectivity index (χ1n) is 21.6. The number of nitrogens with zero attached hydrogens (tertiary/aromatic N) is 6. The molecule has 332 valence electrons. The minimum atomic E-state index is -1.15. The predicted octanol–water partition coefficient (Wildman–Crippen LogP) is 5.42. The van der Waals surface area contributed by atoms with Crippen LogP contribution < -0.4 is 10.7 Å². The highest BCUT2D eigenvalue weighted by molar-refractivity contribution is 5.96. The first-order chi connectivity index (χ1) is 29.6. The Kier molecular flexibility index (Phi) is 13.2. The minimum Gasteiger partial charge on any atom is -0.508 e. The summed E-state index contributed by atoms with van der Waals surface area (Å²) in [6, 6.07) is 11.3. The van der Waals surface area contributed by atoms with E-state index in [2.05, 4.69) is 53.2 Å². The normalized spacial score (nSPS) is 20.3. The zero-order valence-electron chi connectivity index (χ0n) is 37.1. The molecule has 0 radical (unpaired) electrons. The Balaban J connectivity index is 1.32. The lowest BCUT2D eigenvalue weighted by molar-refractivity contribution is -0.835. The van der Waals surface area contributed by atoms with Gasteiger partial charge in [-0.2, -0.15) is 5.43 Å². The summed E-state index contributed by atoms with van der Waals surface area (Å²) in [7, 11) is 5.13. The number of phenolic OH excluding ortho intramolecular Hbond substituents is 1. The number of likely N-dealkylation sites (N-methyl/N-ethyl adjacent to an activating group) is 2. The molecular weight excluding hydrogens is 793 g/mol. The van der Waals surface area contributed by atoms with Crippen molar-refractivity contribution < 1.29 is 38.7 Å². The van der Waals surface area contributed by atoms with Crippen LogP contribution in [0.1, 0.15) is 64.2 Å². The fourth-order valence-electron chi connectivity index (χ4n) is 9.09. The number of benzene rings is 2. The number of ether oxygens (including phenoxy) is 2. The first kappa shape index (κ1) is 44.5. The molecule has 3 aliphatic rings. The van der Waals surface area contributed by atoms with Gasteiger partial charge in [0.25, 0.3) is 5.91 Å². The van der Waals surface area contributed by atoms with Crippen molar-refractivity contribution in [3.8, 4) is 28.1 Å². The Morgan fingerprint density at radius 3 is 2.63 bits per heavy atom. The van der Waals surface area contributed by atoms with E-state index in [0.29, 0.717) is 56.0 Å². The number of amides is 3. The molecule has 2 aromatic carbocycles. The van der Waals surface area contributed by atoms with E-state index in [1.807, 2.05) is 50.2 Å². The van der Waals surface area contributed by atoms with E-state index < -0.39 is 41.6 Å². The number of hydrazine groups is 1. The number of likely N-dealkylation sites (tertiary alicyclic amines) is 1. The number of hydrogen-bond acceptors (Lipinski definition) is 11. The standard InChI is InChI=1S/C46H60N8O8/c1-9-52-39-13-12-30-21-35(39)36(42(52)37-23-47-15-14-31(37)26-60-8)22-46(4,5)27-61-54(59)40-11-10-16-53(49-40)44(57)38(19-29-17-32(30)20-33(55)18-29)48-43(56)41(28(2)3)51(7)45(58)62-34-24-50(6)25-34/h12-15,17-18,20-21,23,28,34,38,40-41,49H,9-11,16,19,22,24-27H2,1-8H3,(H-,48,55,56)/p+1/t38-,40+,41-/m0/s1. The summed E-state index contributed by atoms with van der Waals surface area (Å²) in [6.45, 7) is 12.5. The molecule has 2 aromatic heterocycles. The van der Waals surface area contributed by atoms with E-state index in [-0.39, 0.29) is 37.3 Å². The second-order valence-electron chi connectivity index (χ2n) is 18.1. The van der Waals surface area contributed by atoms with Crippen molar-refractivity contribution in [2.75, 3.05) is 47.4 Å². The topological polar surface area (TPSA) is 171 Å². The van der Waals surface area contributed by atoms with Crippen molar-refractivity contribution in [1.82, 2.24) is 35.1 Å². The average Bonchev–Trinajstić information content (AvgIpc) is 3.52. The van der Waals surface area contributed by atoms with Gasteiger partial charge in [0.05, 0.1) is 17.2 Å². The van der Waals surface area contributed by atoms with Crippen LogP contribution in [0.25, 0.3) is 33.3 Å². The molecule has 62 heavy (non-hydrogen) atoms. The molecule has 0 unspecified atom stereocenters. The fourth-order valence-corrected chi connectivity index (χ4v) is 9.09. The lowest BCUT2D eigenvalue weighted by atomic mass is 9.84. The molecule has 3 N–H and O–H groups in total. The van der Waals surface area contributed by atoms with Crippen LogP contribution in [0.2, 0.25) is 0 Å². The maximum atomic E-state index is 14.6. The zero-order valence-corrected chi connectivity index (χ0v) is 37.1. The highest BCUT2D eigenvalue weighted by Gasteiger charge is 2.41. The molecule has 0 spiro atoms. The number of carbonyl (C=O) groups excluding carboxylic acids is 3. The molecule has 5 heterocycles. The van der Waals surface area contributed by atoms with Gasteiger partial charge in [-0.05, 0) is 90.9 Å². The maximum absolute atomic E-state index is 14.6. The molecule has 0 saturated carbocycles. The highest BCUT2D eigenvalue weighted by atomic mass is 16.8. The highest BCUT2D eigenvalue weighted by Crippen LogP contribution is 2.41. The fraction of sp³-hybridized carbons (Fsp3) is 0.522. The first-order valence-corrected chi connectivity index (χ1v) is 21.6. The predicted molar refractivity (Wildman–Crippen MR) is 233 cm³/mol. The number of pyridine rings is 1. The monoisotopic (exact) mass is 853 g/mol. The number of fused-ring (bicyclic) bond motifs is 6. The summed E-state index contributed by atoms with van der Waals surface area (Å²) in [5.74, 6) is -1.35. The number of methoxy groups -OCH3 is 1.